The molecule has 2 heterocycles. The van der Waals surface area contributed by atoms with Crippen LogP contribution in [0.25, 0.3) is 0 Å². The third-order valence-electron chi connectivity index (χ3n) is 5.16. The largest absolute Gasteiger partial charge is 0.463 e. The molecule has 1 aliphatic rings. The minimum Gasteiger partial charge on any atom is -0.463 e. The van der Waals surface area contributed by atoms with Crippen LogP contribution in [0.15, 0.2) is 6.33 Å². The van der Waals surface area contributed by atoms with Gasteiger partial charge in [0.15, 0.2) is 0 Å². The minimum atomic E-state index is 0.175. The standard InChI is InChI=1S/C21H36ClN3O2/c1-2-3-4-5-8-11-14-18-19(27-18)15-12-9-6-7-10-13-16-26-21-24-17-23-20(22)25-21/h17-19H,2-16H2,1H3. The van der Waals surface area contributed by atoms with Crippen LogP contribution in [0, 0.1) is 0 Å². The van der Waals surface area contributed by atoms with Gasteiger partial charge in [0.2, 0.25) is 5.28 Å². The number of aromatic nitrogens is 3. The fourth-order valence-corrected chi connectivity index (χ4v) is 3.58. The Hall–Kier alpha value is -0.940. The summed E-state index contributed by atoms with van der Waals surface area (Å²) in [5.74, 6) is 0. The molecular formula is C21H36ClN3O2. The molecule has 1 saturated heterocycles. The van der Waals surface area contributed by atoms with Crippen LogP contribution in [-0.2, 0) is 4.74 Å². The van der Waals surface area contributed by atoms with E-state index >= 15 is 0 Å². The van der Waals surface area contributed by atoms with E-state index in [9.17, 15) is 0 Å². The van der Waals surface area contributed by atoms with E-state index < -0.39 is 0 Å². The molecule has 0 saturated carbocycles. The molecule has 154 valence electrons. The van der Waals surface area contributed by atoms with E-state index in [1.54, 1.807) is 0 Å². The molecule has 0 aromatic carbocycles. The molecule has 2 rings (SSSR count). The summed E-state index contributed by atoms with van der Waals surface area (Å²) >= 11 is 5.69. The van der Waals surface area contributed by atoms with Crippen LogP contribution in [0.4, 0.5) is 0 Å². The molecule has 1 aromatic rings. The molecule has 0 bridgehead atoms. The Morgan fingerprint density at radius 2 is 1.44 bits per heavy atom. The summed E-state index contributed by atoms with van der Waals surface area (Å²) in [4.78, 5) is 11.6. The zero-order chi connectivity index (χ0) is 19.2. The van der Waals surface area contributed by atoms with Crippen molar-refractivity contribution in [3.05, 3.63) is 11.6 Å². The molecule has 1 fully saturated rings. The normalized spacial score (nSPS) is 18.6. The Morgan fingerprint density at radius 1 is 0.852 bits per heavy atom. The van der Waals surface area contributed by atoms with Gasteiger partial charge in [-0.1, -0.05) is 77.6 Å². The molecular weight excluding hydrogens is 362 g/mol. The van der Waals surface area contributed by atoms with Gasteiger partial charge in [0, 0.05) is 0 Å². The lowest BCUT2D eigenvalue weighted by Gasteiger charge is -2.04. The Bertz CT molecular complexity index is 504. The number of nitrogens with zero attached hydrogens (tertiary/aromatic N) is 3. The first kappa shape index (κ1) is 22.4. The Balaban J connectivity index is 1.31. The van der Waals surface area contributed by atoms with Crippen molar-refractivity contribution in [3.63, 3.8) is 0 Å². The van der Waals surface area contributed by atoms with E-state index in [4.69, 9.17) is 21.1 Å². The minimum absolute atomic E-state index is 0.175. The monoisotopic (exact) mass is 397 g/mol. The van der Waals surface area contributed by atoms with E-state index in [1.165, 1.54) is 89.8 Å². The van der Waals surface area contributed by atoms with E-state index in [2.05, 4.69) is 21.9 Å². The van der Waals surface area contributed by atoms with Crippen LogP contribution >= 0.6 is 11.6 Å². The van der Waals surface area contributed by atoms with Crippen LogP contribution in [-0.4, -0.2) is 33.8 Å². The highest BCUT2D eigenvalue weighted by Crippen LogP contribution is 2.31. The Kier molecular flexibility index (Phi) is 11.7. The number of ether oxygens (including phenoxy) is 2. The predicted octanol–water partition coefficient (Wildman–Crippen LogP) is 6.15. The van der Waals surface area contributed by atoms with Crippen molar-refractivity contribution in [3.8, 4) is 6.01 Å². The topological polar surface area (TPSA) is 60.4 Å². The summed E-state index contributed by atoms with van der Waals surface area (Å²) in [5, 5.41) is 0.175. The number of epoxide rings is 1. The number of rotatable bonds is 17. The van der Waals surface area contributed by atoms with Crippen LogP contribution in [0.5, 0.6) is 6.01 Å². The van der Waals surface area contributed by atoms with Gasteiger partial charge < -0.3 is 9.47 Å². The van der Waals surface area contributed by atoms with Crippen LogP contribution < -0.4 is 4.74 Å². The highest BCUT2D eigenvalue weighted by molar-refractivity contribution is 6.28. The summed E-state index contributed by atoms with van der Waals surface area (Å²) in [5.41, 5.74) is 0. The third kappa shape index (κ3) is 10.8. The molecule has 2 unspecified atom stereocenters. The molecule has 0 radical (unpaired) electrons. The maximum atomic E-state index is 5.81. The average molecular weight is 398 g/mol. The zero-order valence-corrected chi connectivity index (χ0v) is 17.6. The molecule has 5 nitrogen and oxygen atoms in total. The fourth-order valence-electron chi connectivity index (χ4n) is 3.46. The third-order valence-corrected chi connectivity index (χ3v) is 5.35. The molecule has 1 aliphatic heterocycles. The number of halogens is 1. The molecule has 0 amide bonds. The molecule has 0 spiro atoms. The zero-order valence-electron chi connectivity index (χ0n) is 16.9. The molecule has 27 heavy (non-hydrogen) atoms. The summed E-state index contributed by atoms with van der Waals surface area (Å²) in [7, 11) is 0. The number of unbranched alkanes of at least 4 members (excludes halogenated alkanes) is 10. The van der Waals surface area contributed by atoms with Crippen molar-refractivity contribution in [1.29, 1.82) is 0 Å². The summed E-state index contributed by atoms with van der Waals surface area (Å²) in [6.07, 6.45) is 20.7. The number of hydrogen-bond donors (Lipinski definition) is 0. The molecule has 0 aliphatic carbocycles. The highest BCUT2D eigenvalue weighted by atomic mass is 35.5. The molecule has 1 aromatic heterocycles. The fraction of sp³-hybridized carbons (Fsp3) is 0.857. The van der Waals surface area contributed by atoms with Crippen molar-refractivity contribution in [2.45, 2.75) is 109 Å². The average Bonchev–Trinajstić information content (AvgIpc) is 3.41. The Labute approximate surface area is 169 Å². The first-order chi connectivity index (χ1) is 13.3. The second-order valence-corrected chi connectivity index (χ2v) is 7.90. The van der Waals surface area contributed by atoms with Crippen molar-refractivity contribution in [2.24, 2.45) is 0 Å². The van der Waals surface area contributed by atoms with Crippen LogP contribution in [0.3, 0.4) is 0 Å². The summed E-state index contributed by atoms with van der Waals surface area (Å²) < 4.78 is 11.3. The SMILES string of the molecule is CCCCCCCCC1OC1CCCCCCCCOc1ncnc(Cl)n1. The predicted molar refractivity (Wildman–Crippen MR) is 109 cm³/mol. The molecule has 2 atom stereocenters. The quantitative estimate of drug-likeness (QED) is 0.233. The van der Waals surface area contributed by atoms with Gasteiger partial charge in [0.05, 0.1) is 18.8 Å². The first-order valence-electron chi connectivity index (χ1n) is 10.9. The van der Waals surface area contributed by atoms with Crippen LogP contribution in [0.1, 0.15) is 96.8 Å². The van der Waals surface area contributed by atoms with Gasteiger partial charge in [-0.15, -0.1) is 0 Å². The van der Waals surface area contributed by atoms with Crippen molar-refractivity contribution >= 4 is 11.6 Å². The highest BCUT2D eigenvalue weighted by Gasteiger charge is 2.36. The van der Waals surface area contributed by atoms with E-state index in [-0.39, 0.29) is 5.28 Å². The van der Waals surface area contributed by atoms with Gasteiger partial charge in [-0.25, -0.2) is 4.98 Å². The van der Waals surface area contributed by atoms with Crippen molar-refractivity contribution in [1.82, 2.24) is 15.0 Å². The van der Waals surface area contributed by atoms with Gasteiger partial charge in [-0.3, -0.25) is 0 Å². The maximum absolute atomic E-state index is 5.81. The van der Waals surface area contributed by atoms with E-state index in [1.807, 2.05) is 0 Å². The lowest BCUT2D eigenvalue weighted by molar-refractivity contribution is 0.280. The molecule has 0 N–H and O–H groups in total. The van der Waals surface area contributed by atoms with Gasteiger partial charge in [0.1, 0.15) is 6.33 Å². The van der Waals surface area contributed by atoms with Crippen molar-refractivity contribution < 1.29 is 9.47 Å². The smallest absolute Gasteiger partial charge is 0.320 e. The second kappa shape index (κ2) is 14.1. The van der Waals surface area contributed by atoms with Gasteiger partial charge >= 0.3 is 6.01 Å². The summed E-state index contributed by atoms with van der Waals surface area (Å²) in [6.45, 7) is 2.91. The van der Waals surface area contributed by atoms with Gasteiger partial charge in [-0.2, -0.15) is 9.97 Å². The van der Waals surface area contributed by atoms with Gasteiger partial charge in [0.25, 0.3) is 0 Å². The lowest BCUT2D eigenvalue weighted by Crippen LogP contribution is -2.01. The maximum Gasteiger partial charge on any atom is 0.320 e. The van der Waals surface area contributed by atoms with E-state index in [0.29, 0.717) is 24.8 Å². The van der Waals surface area contributed by atoms with E-state index in [0.717, 1.165) is 6.42 Å². The summed E-state index contributed by atoms with van der Waals surface area (Å²) in [6, 6.07) is 0.315. The van der Waals surface area contributed by atoms with Crippen LogP contribution in [0.2, 0.25) is 5.28 Å². The lowest BCUT2D eigenvalue weighted by atomic mass is 10.0. The number of hydrogen-bond acceptors (Lipinski definition) is 5. The first-order valence-corrected chi connectivity index (χ1v) is 11.3. The van der Waals surface area contributed by atoms with Crippen molar-refractivity contribution in [2.75, 3.05) is 6.61 Å². The molecule has 6 heteroatoms. The van der Waals surface area contributed by atoms with Gasteiger partial charge in [-0.05, 0) is 30.9 Å². The second-order valence-electron chi connectivity index (χ2n) is 7.56. The Morgan fingerprint density at radius 3 is 2.07 bits per heavy atom.